The molecule has 0 saturated carbocycles. The fraction of sp³-hybridized carbons (Fsp3) is 0.516. The minimum absolute atomic E-state index is 0.0927. The van der Waals surface area contributed by atoms with E-state index >= 15 is 4.39 Å². The molecule has 2 aromatic heterocycles. The van der Waals surface area contributed by atoms with Crippen molar-refractivity contribution in [1.29, 1.82) is 0 Å². The average Bonchev–Trinajstić information content (AvgIpc) is 3.59. The molecular weight excluding hydrogens is 617 g/mol. The summed E-state index contributed by atoms with van der Waals surface area (Å²) < 4.78 is 80.1. The molecule has 4 fully saturated rings. The largest absolute Gasteiger partial charge is 0.461 e. The van der Waals surface area contributed by atoms with Gasteiger partial charge in [-0.2, -0.15) is 23.1 Å². The second-order valence-corrected chi connectivity index (χ2v) is 13.3. The highest BCUT2D eigenvalue weighted by molar-refractivity contribution is 6.34. The van der Waals surface area contributed by atoms with Crippen molar-refractivity contribution >= 4 is 34.1 Å². The smallest absolute Gasteiger partial charge is 0.418 e. The van der Waals surface area contributed by atoms with E-state index in [0.29, 0.717) is 31.9 Å². The number of halogens is 6. The Labute approximate surface area is 261 Å². The summed E-state index contributed by atoms with van der Waals surface area (Å²) >= 11 is 6.60. The van der Waals surface area contributed by atoms with Gasteiger partial charge < -0.3 is 20.7 Å². The summed E-state index contributed by atoms with van der Waals surface area (Å²) in [5, 5.41) is 3.51. The Balaban J connectivity index is 1.39. The van der Waals surface area contributed by atoms with Crippen LogP contribution < -0.4 is 20.7 Å². The van der Waals surface area contributed by atoms with E-state index in [2.05, 4.69) is 26.8 Å². The number of nitrogens with zero attached hydrogens (tertiary/aromatic N) is 5. The first-order valence-electron chi connectivity index (χ1n) is 15.0. The lowest BCUT2D eigenvalue weighted by atomic mass is 9.95. The molecule has 0 aliphatic carbocycles. The minimum Gasteiger partial charge on any atom is -0.461 e. The molecule has 4 aliphatic heterocycles. The van der Waals surface area contributed by atoms with Crippen molar-refractivity contribution in [3.05, 3.63) is 46.8 Å². The average molecular weight is 650 g/mol. The SMILES string of the molecule is C=CC12CCC(CN(c3nc(OCC45CCCN4CC(F)C5)nc4c(F)c(-c5nc(N)cc(C)c5C(F)(F)F)c(Cl)cc34)C1)N2. The Bertz CT molecular complexity index is 1710. The molecule has 3 aromatic rings. The fourth-order valence-electron chi connectivity index (χ4n) is 7.87. The topological polar surface area (TPSA) is 92.4 Å². The number of fused-ring (bicyclic) bond motifs is 4. The Morgan fingerprint density at radius 1 is 1.22 bits per heavy atom. The molecule has 45 heavy (non-hydrogen) atoms. The molecule has 1 aromatic carbocycles. The van der Waals surface area contributed by atoms with Gasteiger partial charge >= 0.3 is 12.2 Å². The summed E-state index contributed by atoms with van der Waals surface area (Å²) in [6.45, 7) is 7.42. The van der Waals surface area contributed by atoms with Gasteiger partial charge in [-0.3, -0.25) is 4.90 Å². The Morgan fingerprint density at radius 2 is 2.02 bits per heavy atom. The number of nitrogens with two attached hydrogens (primary N) is 1. The zero-order valence-corrected chi connectivity index (χ0v) is 25.4. The maximum Gasteiger partial charge on any atom is 0.418 e. The predicted octanol–water partition coefficient (Wildman–Crippen LogP) is 5.85. The third-order valence-corrected chi connectivity index (χ3v) is 10.2. The van der Waals surface area contributed by atoms with E-state index in [0.717, 1.165) is 38.3 Å². The van der Waals surface area contributed by atoms with Crippen LogP contribution in [-0.4, -0.2) is 75.9 Å². The number of benzene rings is 1. The number of anilines is 2. The number of rotatable bonds is 6. The van der Waals surface area contributed by atoms with Crippen molar-refractivity contribution in [2.75, 3.05) is 43.4 Å². The molecule has 0 amide bonds. The molecule has 4 atom stereocenters. The monoisotopic (exact) mass is 649 g/mol. The Kier molecular flexibility index (Phi) is 7.17. The minimum atomic E-state index is -4.86. The van der Waals surface area contributed by atoms with Gasteiger partial charge in [0, 0.05) is 37.5 Å². The molecular formula is C31H33ClF5N7O. The summed E-state index contributed by atoms with van der Waals surface area (Å²) in [5.74, 6) is -0.978. The van der Waals surface area contributed by atoms with Crippen molar-refractivity contribution < 1.29 is 26.7 Å². The zero-order valence-electron chi connectivity index (χ0n) is 24.7. The number of nitrogen functional groups attached to an aromatic ring is 1. The highest BCUT2D eigenvalue weighted by Crippen LogP contribution is 2.46. The van der Waals surface area contributed by atoms with Crippen molar-refractivity contribution in [1.82, 2.24) is 25.2 Å². The molecule has 6 heterocycles. The van der Waals surface area contributed by atoms with E-state index in [-0.39, 0.29) is 46.0 Å². The molecule has 14 heteroatoms. The van der Waals surface area contributed by atoms with Gasteiger partial charge in [0.05, 0.1) is 32.9 Å². The van der Waals surface area contributed by atoms with Crippen LogP contribution in [-0.2, 0) is 6.18 Å². The van der Waals surface area contributed by atoms with E-state index in [1.54, 1.807) is 0 Å². The molecule has 8 nitrogen and oxygen atoms in total. The number of nitrogens with one attached hydrogen (secondary N) is 1. The fourth-order valence-corrected chi connectivity index (χ4v) is 8.15. The van der Waals surface area contributed by atoms with Gasteiger partial charge in [-0.15, -0.1) is 6.58 Å². The molecule has 4 unspecified atom stereocenters. The lowest BCUT2D eigenvalue weighted by Gasteiger charge is -2.40. The summed E-state index contributed by atoms with van der Waals surface area (Å²) in [6.07, 6.45) is -0.280. The van der Waals surface area contributed by atoms with Crippen molar-refractivity contribution in [3.63, 3.8) is 0 Å². The molecule has 0 spiro atoms. The Hall–Kier alpha value is -3.29. The lowest BCUT2D eigenvalue weighted by molar-refractivity contribution is -0.137. The van der Waals surface area contributed by atoms with Crippen LogP contribution in [0, 0.1) is 12.7 Å². The third-order valence-electron chi connectivity index (χ3n) is 9.86. The first-order chi connectivity index (χ1) is 21.3. The van der Waals surface area contributed by atoms with Crippen LogP contribution in [0.2, 0.25) is 5.02 Å². The normalized spacial score (nSPS) is 28.2. The first kappa shape index (κ1) is 30.4. The number of ether oxygens (including phenoxy) is 1. The second-order valence-electron chi connectivity index (χ2n) is 12.8. The van der Waals surface area contributed by atoms with Gasteiger partial charge in [0.25, 0.3) is 0 Å². The number of pyridine rings is 1. The van der Waals surface area contributed by atoms with Crippen LogP contribution in [0.3, 0.4) is 0 Å². The van der Waals surface area contributed by atoms with Crippen molar-refractivity contribution in [2.24, 2.45) is 0 Å². The van der Waals surface area contributed by atoms with Gasteiger partial charge in [0.1, 0.15) is 29.9 Å². The maximum absolute atomic E-state index is 16.7. The molecule has 3 N–H and O–H groups in total. The predicted molar refractivity (Wildman–Crippen MR) is 162 cm³/mol. The summed E-state index contributed by atoms with van der Waals surface area (Å²) in [4.78, 5) is 17.1. The molecule has 7 rings (SSSR count). The number of hydrogen-bond acceptors (Lipinski definition) is 8. The van der Waals surface area contributed by atoms with Crippen LogP contribution in [0.5, 0.6) is 6.01 Å². The van der Waals surface area contributed by atoms with Crippen molar-refractivity contribution in [2.45, 2.75) is 68.5 Å². The van der Waals surface area contributed by atoms with Gasteiger partial charge in [-0.05, 0) is 56.8 Å². The number of alkyl halides is 4. The molecule has 4 aliphatic rings. The summed E-state index contributed by atoms with van der Waals surface area (Å²) in [7, 11) is 0. The maximum atomic E-state index is 16.7. The molecule has 240 valence electrons. The number of aryl methyl sites for hydroxylation is 1. The lowest BCUT2D eigenvalue weighted by Crippen LogP contribution is -2.58. The van der Waals surface area contributed by atoms with Gasteiger partial charge in [0.15, 0.2) is 5.82 Å². The van der Waals surface area contributed by atoms with E-state index in [9.17, 15) is 17.6 Å². The standard InChI is InChI=1S/C31H33ClF5N7O/c1-3-29-7-5-18(42-29)13-43(14-29)27-19-10-20(32)22(26-23(31(35,36)37)16(2)9-21(38)39-26)24(34)25(19)40-28(41-27)45-15-30-6-4-8-44(30)12-17(33)11-30/h3,9-10,17-18,42H,1,4-8,11-15H2,2H3,(H2,38,39). The highest BCUT2D eigenvalue weighted by Gasteiger charge is 2.50. The van der Waals surface area contributed by atoms with Crippen LogP contribution in [0.25, 0.3) is 22.2 Å². The highest BCUT2D eigenvalue weighted by atomic mass is 35.5. The van der Waals surface area contributed by atoms with Crippen LogP contribution >= 0.6 is 11.6 Å². The quantitative estimate of drug-likeness (QED) is 0.254. The third kappa shape index (κ3) is 5.07. The van der Waals surface area contributed by atoms with E-state index in [1.807, 2.05) is 11.0 Å². The van der Waals surface area contributed by atoms with E-state index in [1.165, 1.54) is 13.0 Å². The van der Waals surface area contributed by atoms with Gasteiger partial charge in [-0.25, -0.2) is 13.8 Å². The van der Waals surface area contributed by atoms with Crippen LogP contribution in [0.15, 0.2) is 24.8 Å². The van der Waals surface area contributed by atoms with Crippen molar-refractivity contribution in [3.8, 4) is 17.3 Å². The molecule has 2 bridgehead atoms. The van der Waals surface area contributed by atoms with Crippen LogP contribution in [0.4, 0.5) is 33.6 Å². The number of hydrogen-bond donors (Lipinski definition) is 2. The van der Waals surface area contributed by atoms with E-state index < -0.39 is 46.1 Å². The first-order valence-corrected chi connectivity index (χ1v) is 15.4. The van der Waals surface area contributed by atoms with Gasteiger partial charge in [0.2, 0.25) is 0 Å². The number of aromatic nitrogens is 3. The summed E-state index contributed by atoms with van der Waals surface area (Å²) in [5.41, 5.74) is 2.00. The molecule has 4 saturated heterocycles. The van der Waals surface area contributed by atoms with Gasteiger partial charge in [-0.1, -0.05) is 17.7 Å². The van der Waals surface area contributed by atoms with E-state index in [4.69, 9.17) is 27.1 Å². The molecule has 0 radical (unpaired) electrons. The second kappa shape index (κ2) is 10.6. The number of piperazine rings is 1. The van der Waals surface area contributed by atoms with Crippen LogP contribution in [0.1, 0.15) is 43.2 Å². The Morgan fingerprint density at radius 3 is 2.78 bits per heavy atom. The zero-order chi connectivity index (χ0) is 31.9. The summed E-state index contributed by atoms with van der Waals surface area (Å²) in [6, 6.07) is 2.42.